The van der Waals surface area contributed by atoms with Gasteiger partial charge in [-0.25, -0.2) is 8.42 Å². The van der Waals surface area contributed by atoms with E-state index in [4.69, 9.17) is 5.26 Å². The lowest BCUT2D eigenvalue weighted by Gasteiger charge is -2.29. The number of nitrogens with one attached hydrogen (secondary N) is 1. The van der Waals surface area contributed by atoms with Gasteiger partial charge in [-0.05, 0) is 49.1 Å². The number of carbonyl (C=O) groups excluding carboxylic acids is 1. The van der Waals surface area contributed by atoms with Crippen molar-refractivity contribution in [3.05, 3.63) is 59.7 Å². The maximum Gasteiger partial charge on any atom is 0.255 e. The Bertz CT molecular complexity index is 988. The van der Waals surface area contributed by atoms with Crippen molar-refractivity contribution in [3.63, 3.8) is 0 Å². The topological polar surface area (TPSA) is 90.3 Å². The zero-order valence-electron chi connectivity index (χ0n) is 15.1. The first-order valence-electron chi connectivity index (χ1n) is 8.82. The smallest absolute Gasteiger partial charge is 0.255 e. The molecule has 0 unspecified atom stereocenters. The maximum absolute atomic E-state index is 12.9. The molecule has 0 aromatic heterocycles. The molecule has 0 atom stereocenters. The van der Waals surface area contributed by atoms with Gasteiger partial charge in [0.2, 0.25) is 10.0 Å². The van der Waals surface area contributed by atoms with E-state index >= 15 is 0 Å². The fourth-order valence-electron chi connectivity index (χ4n) is 3.06. The maximum atomic E-state index is 12.9. The van der Waals surface area contributed by atoms with E-state index in [0.717, 1.165) is 12.8 Å². The molecular formula is C20H21N3O3S. The van der Waals surface area contributed by atoms with Gasteiger partial charge < -0.3 is 5.32 Å². The summed E-state index contributed by atoms with van der Waals surface area (Å²) in [5.74, 6) is 0.0655. The summed E-state index contributed by atoms with van der Waals surface area (Å²) in [7, 11) is -3.63. The number of rotatable bonds is 4. The van der Waals surface area contributed by atoms with E-state index in [9.17, 15) is 13.2 Å². The number of benzene rings is 2. The second-order valence-corrected chi connectivity index (χ2v) is 8.66. The average molecular weight is 383 g/mol. The van der Waals surface area contributed by atoms with Crippen LogP contribution in [0.3, 0.4) is 0 Å². The molecule has 3 rings (SSSR count). The van der Waals surface area contributed by atoms with Crippen molar-refractivity contribution in [3.8, 4) is 6.07 Å². The Morgan fingerprint density at radius 2 is 1.85 bits per heavy atom. The fourth-order valence-corrected chi connectivity index (χ4v) is 4.57. The lowest BCUT2D eigenvalue weighted by molar-refractivity contribution is 0.102. The van der Waals surface area contributed by atoms with Crippen molar-refractivity contribution in [2.45, 2.75) is 24.7 Å². The lowest BCUT2D eigenvalue weighted by Crippen LogP contribution is -2.37. The number of hydrogen-bond acceptors (Lipinski definition) is 4. The van der Waals surface area contributed by atoms with Crippen molar-refractivity contribution in [1.82, 2.24) is 4.31 Å². The molecule has 7 heteroatoms. The largest absolute Gasteiger partial charge is 0.321 e. The van der Waals surface area contributed by atoms with Crippen molar-refractivity contribution in [2.75, 3.05) is 18.4 Å². The highest BCUT2D eigenvalue weighted by Gasteiger charge is 2.28. The first-order chi connectivity index (χ1) is 12.9. The van der Waals surface area contributed by atoms with Crippen molar-refractivity contribution in [2.24, 2.45) is 5.92 Å². The van der Waals surface area contributed by atoms with Crippen LogP contribution < -0.4 is 5.32 Å². The van der Waals surface area contributed by atoms with Crippen LogP contribution in [-0.4, -0.2) is 31.7 Å². The van der Waals surface area contributed by atoms with Crippen LogP contribution in [0.4, 0.5) is 5.69 Å². The van der Waals surface area contributed by atoms with Crippen LogP contribution in [-0.2, 0) is 10.0 Å². The predicted octanol–water partition coefficient (Wildman–Crippen LogP) is 3.23. The van der Waals surface area contributed by atoms with Gasteiger partial charge in [-0.3, -0.25) is 4.79 Å². The van der Waals surface area contributed by atoms with Gasteiger partial charge in [0, 0.05) is 18.7 Å². The normalized spacial score (nSPS) is 15.9. The summed E-state index contributed by atoms with van der Waals surface area (Å²) in [6.07, 6.45) is 1.68. The van der Waals surface area contributed by atoms with Gasteiger partial charge in [-0.15, -0.1) is 0 Å². The van der Waals surface area contributed by atoms with Gasteiger partial charge >= 0.3 is 0 Å². The fraction of sp³-hybridized carbons (Fsp3) is 0.300. The zero-order chi connectivity index (χ0) is 19.4. The average Bonchev–Trinajstić information content (AvgIpc) is 2.69. The van der Waals surface area contributed by atoms with Crippen LogP contribution in [0.1, 0.15) is 35.7 Å². The number of piperidine rings is 1. The molecule has 0 bridgehead atoms. The molecule has 2 aromatic carbocycles. The molecule has 1 aliphatic heterocycles. The third-order valence-corrected chi connectivity index (χ3v) is 6.67. The Balaban J connectivity index is 1.83. The summed E-state index contributed by atoms with van der Waals surface area (Å²) >= 11 is 0. The molecule has 1 aliphatic rings. The summed E-state index contributed by atoms with van der Waals surface area (Å²) in [5, 5.41) is 11.8. The monoisotopic (exact) mass is 383 g/mol. The lowest BCUT2D eigenvalue weighted by atomic mass is 10.0. The summed E-state index contributed by atoms with van der Waals surface area (Å²) in [6.45, 7) is 3.11. The standard InChI is InChI=1S/C20H21N3O3S/c1-15-9-11-23(12-10-15)27(25,26)18-7-4-6-16(13-18)20(24)22-19-8-3-2-5-17(19)14-21/h2-8,13,15H,9-12H2,1H3,(H,22,24). The van der Waals surface area contributed by atoms with E-state index in [0.29, 0.717) is 30.3 Å². The zero-order valence-corrected chi connectivity index (χ0v) is 15.9. The molecule has 0 spiro atoms. The molecule has 27 heavy (non-hydrogen) atoms. The molecule has 0 saturated carbocycles. The Morgan fingerprint density at radius 1 is 1.15 bits per heavy atom. The summed E-state index contributed by atoms with van der Waals surface area (Å²) < 4.78 is 27.2. The number of amides is 1. The molecular weight excluding hydrogens is 362 g/mol. The highest BCUT2D eigenvalue weighted by Crippen LogP contribution is 2.24. The van der Waals surface area contributed by atoms with Gasteiger partial charge in [0.15, 0.2) is 0 Å². The third-order valence-electron chi connectivity index (χ3n) is 4.77. The van der Waals surface area contributed by atoms with Crippen LogP contribution in [0.15, 0.2) is 53.4 Å². The Hall–Kier alpha value is -2.69. The Morgan fingerprint density at radius 3 is 2.56 bits per heavy atom. The first kappa shape index (κ1) is 19.1. The number of nitriles is 1. The quantitative estimate of drug-likeness (QED) is 0.878. The van der Waals surface area contributed by atoms with Crippen LogP contribution >= 0.6 is 0 Å². The second-order valence-electron chi connectivity index (χ2n) is 6.73. The summed E-state index contributed by atoms with van der Waals surface area (Å²) in [5.41, 5.74) is 0.967. The van der Waals surface area contributed by atoms with Gasteiger partial charge in [-0.1, -0.05) is 25.1 Å². The van der Waals surface area contributed by atoms with E-state index < -0.39 is 15.9 Å². The van der Waals surface area contributed by atoms with Gasteiger partial charge in [-0.2, -0.15) is 9.57 Å². The molecule has 2 aromatic rings. The Labute approximate surface area is 159 Å². The number of nitrogens with zero attached hydrogens (tertiary/aromatic N) is 2. The van der Waals surface area contributed by atoms with Crippen molar-refractivity contribution in [1.29, 1.82) is 5.26 Å². The molecule has 0 aliphatic carbocycles. The second kappa shape index (κ2) is 7.91. The number of para-hydroxylation sites is 1. The van der Waals surface area contributed by atoms with Crippen LogP contribution in [0.25, 0.3) is 0 Å². The van der Waals surface area contributed by atoms with Gasteiger partial charge in [0.1, 0.15) is 6.07 Å². The molecule has 1 amide bonds. The highest BCUT2D eigenvalue weighted by atomic mass is 32.2. The third kappa shape index (κ3) is 4.18. The number of anilines is 1. The van der Waals surface area contributed by atoms with Crippen LogP contribution in [0.2, 0.25) is 0 Å². The molecule has 1 saturated heterocycles. The predicted molar refractivity (Wildman–Crippen MR) is 103 cm³/mol. The van der Waals surface area contributed by atoms with Crippen molar-refractivity contribution < 1.29 is 13.2 Å². The Kier molecular flexibility index (Phi) is 5.59. The van der Waals surface area contributed by atoms with Gasteiger partial charge in [0.25, 0.3) is 5.91 Å². The molecule has 1 fully saturated rings. The SMILES string of the molecule is CC1CCN(S(=O)(=O)c2cccc(C(=O)Nc3ccccc3C#N)c2)CC1. The summed E-state index contributed by atoms with van der Waals surface area (Å²) in [6, 6.07) is 14.7. The molecule has 6 nitrogen and oxygen atoms in total. The summed E-state index contributed by atoms with van der Waals surface area (Å²) in [4.78, 5) is 12.7. The highest BCUT2D eigenvalue weighted by molar-refractivity contribution is 7.89. The first-order valence-corrected chi connectivity index (χ1v) is 10.3. The van der Waals surface area contributed by atoms with Crippen LogP contribution in [0.5, 0.6) is 0 Å². The number of carbonyl (C=O) groups is 1. The van der Waals surface area contributed by atoms with Crippen LogP contribution in [0, 0.1) is 17.2 Å². The van der Waals surface area contributed by atoms with Gasteiger partial charge in [0.05, 0.1) is 16.1 Å². The minimum Gasteiger partial charge on any atom is -0.321 e. The van der Waals surface area contributed by atoms with E-state index in [-0.39, 0.29) is 10.5 Å². The van der Waals surface area contributed by atoms with E-state index in [1.165, 1.54) is 16.4 Å². The molecule has 140 valence electrons. The molecule has 1 N–H and O–H groups in total. The van der Waals surface area contributed by atoms with E-state index in [1.54, 1.807) is 36.4 Å². The number of sulfonamides is 1. The molecule has 0 radical (unpaired) electrons. The van der Waals surface area contributed by atoms with E-state index in [1.807, 2.05) is 6.07 Å². The number of hydrogen-bond donors (Lipinski definition) is 1. The van der Waals surface area contributed by atoms with E-state index in [2.05, 4.69) is 12.2 Å². The molecule has 1 heterocycles. The minimum absolute atomic E-state index is 0.110. The van der Waals surface area contributed by atoms with Crippen molar-refractivity contribution >= 4 is 21.6 Å². The minimum atomic E-state index is -3.63.